The van der Waals surface area contributed by atoms with Gasteiger partial charge in [-0.05, 0) is 67.0 Å². The lowest BCUT2D eigenvalue weighted by atomic mass is 9.82. The van der Waals surface area contributed by atoms with E-state index in [2.05, 4.69) is 10.6 Å². The summed E-state index contributed by atoms with van der Waals surface area (Å²) in [5, 5.41) is 6.75. The van der Waals surface area contributed by atoms with E-state index in [1.165, 1.54) is 6.07 Å². The van der Waals surface area contributed by atoms with Gasteiger partial charge < -0.3 is 29.9 Å². The van der Waals surface area contributed by atoms with Gasteiger partial charge in [0.25, 0.3) is 12.4 Å². The van der Waals surface area contributed by atoms with Crippen molar-refractivity contribution < 1.29 is 41.4 Å². The van der Waals surface area contributed by atoms with Gasteiger partial charge >= 0.3 is 0 Å². The molecule has 2 saturated heterocycles. The smallest absolute Gasteiger partial charge is 0.293 e. The molecule has 2 N–H and O–H groups in total. The van der Waals surface area contributed by atoms with Crippen LogP contribution in [0, 0.1) is 23.3 Å². The van der Waals surface area contributed by atoms with E-state index in [0.717, 1.165) is 35.6 Å². The number of rotatable bonds is 13. The van der Waals surface area contributed by atoms with Gasteiger partial charge in [-0.1, -0.05) is 42.5 Å². The third-order valence-corrected chi connectivity index (χ3v) is 10.3. The van der Waals surface area contributed by atoms with E-state index in [-0.39, 0.29) is 55.5 Å². The van der Waals surface area contributed by atoms with Crippen LogP contribution in [0.4, 0.5) is 17.6 Å². The Kier molecular flexibility index (Phi) is 10.6. The number of hydrogen-bond donors (Lipinski definition) is 2. The number of benzene rings is 3. The van der Waals surface area contributed by atoms with Gasteiger partial charge in [0.05, 0.1) is 18.7 Å². The van der Waals surface area contributed by atoms with E-state index in [1.54, 1.807) is 28.0 Å². The second-order valence-corrected chi connectivity index (χ2v) is 13.9. The van der Waals surface area contributed by atoms with Gasteiger partial charge in [-0.15, -0.1) is 0 Å². The first-order chi connectivity index (χ1) is 25.2. The molecule has 3 aromatic rings. The maximum absolute atomic E-state index is 14.8. The van der Waals surface area contributed by atoms with Crippen molar-refractivity contribution in [2.24, 2.45) is 0 Å². The Morgan fingerprint density at radius 1 is 0.942 bits per heavy atom. The number of aryl methyl sites for hydroxylation is 1. The van der Waals surface area contributed by atoms with Gasteiger partial charge in [-0.2, -0.15) is 4.39 Å². The maximum Gasteiger partial charge on any atom is 0.293 e. The van der Waals surface area contributed by atoms with Crippen LogP contribution in [0.3, 0.4) is 0 Å². The molecule has 1 aliphatic carbocycles. The van der Waals surface area contributed by atoms with Crippen molar-refractivity contribution in [2.75, 3.05) is 26.2 Å². The molecule has 1 unspecified atom stereocenters. The summed E-state index contributed by atoms with van der Waals surface area (Å²) < 4.78 is 66.6. The number of carbonyl (C=O) groups is 3. The highest BCUT2D eigenvalue weighted by Crippen LogP contribution is 2.38. The molecule has 13 heteroatoms. The number of fused-ring (bicyclic) bond motifs is 2. The average molecular weight is 721 g/mol. The Hall–Kier alpha value is -4.75. The third-order valence-electron chi connectivity index (χ3n) is 10.3. The molecule has 3 aromatic carbocycles. The summed E-state index contributed by atoms with van der Waals surface area (Å²) in [6.45, 7) is 1.59. The minimum absolute atomic E-state index is 0.0173. The van der Waals surface area contributed by atoms with Crippen LogP contribution in [-0.4, -0.2) is 84.6 Å². The molecule has 274 valence electrons. The van der Waals surface area contributed by atoms with E-state index in [9.17, 15) is 31.9 Å². The Morgan fingerprint density at radius 3 is 2.46 bits per heavy atom. The van der Waals surface area contributed by atoms with E-state index >= 15 is 0 Å². The van der Waals surface area contributed by atoms with Crippen molar-refractivity contribution >= 4 is 23.9 Å². The lowest BCUT2D eigenvalue weighted by Gasteiger charge is -2.45. The van der Waals surface area contributed by atoms with Crippen molar-refractivity contribution in [3.63, 3.8) is 0 Å². The lowest BCUT2D eigenvalue weighted by Crippen LogP contribution is -2.63. The number of nitrogens with one attached hydrogen (secondary N) is 2. The minimum atomic E-state index is -1.36. The molecule has 3 aliphatic heterocycles. The van der Waals surface area contributed by atoms with Crippen molar-refractivity contribution in [1.29, 1.82) is 0 Å². The molecule has 3 fully saturated rings. The molecule has 3 heterocycles. The normalized spacial score (nSPS) is 22.7. The quantitative estimate of drug-likeness (QED) is 0.115. The first kappa shape index (κ1) is 35.6. The lowest BCUT2D eigenvalue weighted by molar-refractivity contribution is -0.137. The molecule has 0 aromatic heterocycles. The summed E-state index contributed by atoms with van der Waals surface area (Å²) in [5.41, 5.74) is 3.65. The average Bonchev–Trinajstić information content (AvgIpc) is 3.88. The van der Waals surface area contributed by atoms with Gasteiger partial charge in [-0.25, -0.2) is 13.2 Å². The first-order valence-corrected chi connectivity index (χ1v) is 17.7. The Labute approximate surface area is 298 Å². The molecule has 2 amide bonds. The van der Waals surface area contributed by atoms with E-state index in [0.29, 0.717) is 62.4 Å². The molecule has 0 radical (unpaired) electrons. The van der Waals surface area contributed by atoms with Crippen molar-refractivity contribution in [1.82, 2.24) is 20.4 Å². The highest BCUT2D eigenvalue weighted by atomic mass is 19.2. The van der Waals surface area contributed by atoms with Crippen LogP contribution in [0.25, 0.3) is 5.57 Å². The third kappa shape index (κ3) is 7.70. The van der Waals surface area contributed by atoms with Crippen LogP contribution in [0.15, 0.2) is 66.2 Å². The van der Waals surface area contributed by atoms with Crippen LogP contribution in [0.2, 0.25) is 0 Å². The molecular weight excluding hydrogens is 680 g/mol. The zero-order valence-electron chi connectivity index (χ0n) is 28.5. The predicted molar refractivity (Wildman–Crippen MR) is 183 cm³/mol. The van der Waals surface area contributed by atoms with Gasteiger partial charge in [0.2, 0.25) is 11.7 Å². The van der Waals surface area contributed by atoms with Crippen LogP contribution >= 0.6 is 0 Å². The number of halogens is 4. The topological polar surface area (TPSA) is 100 Å². The number of hydrogen-bond acceptors (Lipinski definition) is 7. The number of amides is 2. The molecule has 4 aliphatic rings. The molecule has 9 nitrogen and oxygen atoms in total. The SMILES string of the molecule is O=CO[C@H]1CNC(C(=O)N2C[C@@H]3CC(c4ccc(CCCOc5c(F)ccc(F)c5F)cc4)=C(C(=O)N(Cc4ccccc4F)C4CC4)[C@H](C2)N3)C1. The zero-order chi connectivity index (χ0) is 36.4. The van der Waals surface area contributed by atoms with Crippen molar-refractivity contribution in [3.8, 4) is 5.75 Å². The zero-order valence-corrected chi connectivity index (χ0v) is 28.5. The predicted octanol–water partition coefficient (Wildman–Crippen LogP) is 4.68. The van der Waals surface area contributed by atoms with Crippen molar-refractivity contribution in [2.45, 2.75) is 75.3 Å². The molecule has 0 spiro atoms. The summed E-state index contributed by atoms with van der Waals surface area (Å²) in [6, 6.07) is 14.6. The highest BCUT2D eigenvalue weighted by molar-refractivity contribution is 6.03. The molecule has 2 bridgehead atoms. The first-order valence-electron chi connectivity index (χ1n) is 17.7. The van der Waals surface area contributed by atoms with Crippen LogP contribution < -0.4 is 15.4 Å². The minimum Gasteiger partial charge on any atom is -0.488 e. The number of ether oxygens (including phenoxy) is 2. The van der Waals surface area contributed by atoms with Gasteiger partial charge in [0.15, 0.2) is 17.4 Å². The number of carbonyl (C=O) groups excluding carboxylic acids is 3. The summed E-state index contributed by atoms with van der Waals surface area (Å²) >= 11 is 0. The molecule has 4 atom stereocenters. The monoisotopic (exact) mass is 720 g/mol. The van der Waals surface area contributed by atoms with Crippen LogP contribution in [-0.2, 0) is 32.1 Å². The van der Waals surface area contributed by atoms with Gasteiger partial charge in [0, 0.05) is 55.8 Å². The standard InChI is InChI=1S/C39H40F4N4O5/c40-30-6-2-1-5-25(30)19-47(27-11-12-27)39(50)35-29(16-26-20-46(21-34(35)45-26)38(49)33-17-28(18-44-33)52-22-48)24-9-7-23(8-10-24)4-3-15-51-37-32(42)14-13-31(41)36(37)43/h1-2,5-10,13-14,22,26-28,33-34,44-45H,3-4,11-12,15-21H2/t26-,28+,33?,34-/m0/s1. The highest BCUT2D eigenvalue weighted by Gasteiger charge is 2.45. The van der Waals surface area contributed by atoms with Gasteiger partial charge in [-0.3, -0.25) is 14.4 Å². The molecular formula is C39H40F4N4O5. The number of piperazine rings is 1. The van der Waals surface area contributed by atoms with Crippen LogP contribution in [0.5, 0.6) is 5.75 Å². The largest absolute Gasteiger partial charge is 0.488 e. The second kappa shape index (κ2) is 15.5. The van der Waals surface area contributed by atoms with E-state index < -0.39 is 35.3 Å². The van der Waals surface area contributed by atoms with E-state index in [4.69, 9.17) is 9.47 Å². The Bertz CT molecular complexity index is 1850. The van der Waals surface area contributed by atoms with Gasteiger partial charge in [0.1, 0.15) is 11.9 Å². The fourth-order valence-corrected chi connectivity index (χ4v) is 7.52. The summed E-state index contributed by atoms with van der Waals surface area (Å²) in [7, 11) is 0. The Balaban J connectivity index is 1.12. The second-order valence-electron chi connectivity index (χ2n) is 13.9. The van der Waals surface area contributed by atoms with E-state index in [1.807, 2.05) is 24.3 Å². The molecule has 52 heavy (non-hydrogen) atoms. The summed E-state index contributed by atoms with van der Waals surface area (Å²) in [5.74, 6) is -4.92. The maximum atomic E-state index is 14.8. The fraction of sp³-hybridized carbons (Fsp3) is 0.410. The fourth-order valence-electron chi connectivity index (χ4n) is 7.52. The summed E-state index contributed by atoms with van der Waals surface area (Å²) in [4.78, 5) is 42.8. The molecule has 1 saturated carbocycles. The Morgan fingerprint density at radius 2 is 1.71 bits per heavy atom. The van der Waals surface area contributed by atoms with Crippen molar-refractivity contribution in [3.05, 3.63) is 106 Å². The molecule has 7 rings (SSSR count). The van der Waals surface area contributed by atoms with Crippen LogP contribution in [0.1, 0.15) is 48.8 Å². The number of nitrogens with zero attached hydrogens (tertiary/aromatic N) is 2. The summed E-state index contributed by atoms with van der Waals surface area (Å²) in [6.07, 6.45) is 3.07.